The molecule has 0 radical (unpaired) electrons. The number of amides is 1. The number of halogens is 4. The van der Waals surface area contributed by atoms with E-state index in [-0.39, 0.29) is 29.4 Å². The van der Waals surface area contributed by atoms with Crippen LogP contribution in [0.25, 0.3) is 11.3 Å². The molecule has 1 saturated carbocycles. The summed E-state index contributed by atoms with van der Waals surface area (Å²) in [5, 5.41) is 8.49. The number of aromatic nitrogens is 4. The summed E-state index contributed by atoms with van der Waals surface area (Å²) >= 11 is 0. The van der Waals surface area contributed by atoms with Crippen LogP contribution in [0.1, 0.15) is 54.4 Å². The molecular weight excluding hydrogens is 478 g/mol. The quantitative estimate of drug-likeness (QED) is 0.515. The third-order valence-electron chi connectivity index (χ3n) is 7.83. The second-order valence-electron chi connectivity index (χ2n) is 9.90. The monoisotopic (exact) mass is 501 g/mol. The molecule has 0 aliphatic heterocycles. The topological polar surface area (TPSA) is 91.8 Å². The zero-order valence-electron chi connectivity index (χ0n) is 19.6. The van der Waals surface area contributed by atoms with E-state index in [0.29, 0.717) is 18.5 Å². The zero-order chi connectivity index (χ0) is 25.8. The number of benzene rings is 1. The molecule has 5 rings (SSSR count). The summed E-state index contributed by atoms with van der Waals surface area (Å²) < 4.78 is 56.0. The zero-order valence-corrected chi connectivity index (χ0v) is 19.6. The number of fused-ring (bicyclic) bond motifs is 5. The van der Waals surface area contributed by atoms with Crippen molar-refractivity contribution in [2.75, 3.05) is 13.1 Å². The van der Waals surface area contributed by atoms with E-state index in [1.807, 2.05) is 13.8 Å². The molecule has 3 aromatic rings. The molecule has 1 amide bonds. The molecule has 0 saturated heterocycles. The maximum absolute atomic E-state index is 14.4. The second kappa shape index (κ2) is 8.49. The molecule has 2 aliphatic rings. The first-order valence-corrected chi connectivity index (χ1v) is 11.5. The summed E-state index contributed by atoms with van der Waals surface area (Å²) in [5.41, 5.74) is -0.909. The van der Waals surface area contributed by atoms with Crippen LogP contribution in [0.5, 0.6) is 0 Å². The van der Waals surface area contributed by atoms with Gasteiger partial charge in [0.05, 0.1) is 29.7 Å². The van der Waals surface area contributed by atoms with Crippen LogP contribution in [-0.4, -0.2) is 50.5 Å². The molecule has 0 unspecified atom stereocenters. The molecule has 1 aromatic carbocycles. The van der Waals surface area contributed by atoms with Gasteiger partial charge in [0.1, 0.15) is 17.3 Å². The fourth-order valence-corrected chi connectivity index (χ4v) is 5.97. The molecule has 2 aliphatic carbocycles. The van der Waals surface area contributed by atoms with Crippen molar-refractivity contribution in [3.05, 3.63) is 75.6 Å². The number of nitrogens with zero attached hydrogens (tertiary/aromatic N) is 4. The van der Waals surface area contributed by atoms with Gasteiger partial charge in [-0.2, -0.15) is 10.2 Å². The summed E-state index contributed by atoms with van der Waals surface area (Å²) in [6.45, 7) is 3.07. The first-order chi connectivity index (χ1) is 17.0. The highest BCUT2D eigenvalue weighted by atomic mass is 19.3. The second-order valence-corrected chi connectivity index (χ2v) is 9.90. The normalized spacial score (nSPS) is 21.6. The molecule has 188 valence electrons. The van der Waals surface area contributed by atoms with Gasteiger partial charge in [0.25, 0.3) is 17.9 Å². The summed E-state index contributed by atoms with van der Waals surface area (Å²) in [7, 11) is 0. The third kappa shape index (κ3) is 3.59. The standard InChI is InChI=1S/C25H23F4N5O2/c1-24(2)14-6-7-25(24,12-34(11-19(28)29)23(36)18-9-31-20(35)10-30-18)22-13(14)8-17(32-33-22)21-15(26)4-3-5-16(21)27/h3-5,8-10,14,19H,6-7,11-12H2,1-2H3,(H,31,35)/t14-,25-/m0/s1. The average Bonchev–Trinajstić information content (AvgIpc) is 3.18. The Morgan fingerprint density at radius 3 is 2.58 bits per heavy atom. The van der Waals surface area contributed by atoms with Crippen LogP contribution in [0.3, 0.4) is 0 Å². The average molecular weight is 501 g/mol. The van der Waals surface area contributed by atoms with Gasteiger partial charge >= 0.3 is 0 Å². The largest absolute Gasteiger partial charge is 0.331 e. The van der Waals surface area contributed by atoms with E-state index in [1.165, 1.54) is 6.07 Å². The fraction of sp³-hybridized carbons (Fsp3) is 0.400. The van der Waals surface area contributed by atoms with E-state index in [4.69, 9.17) is 0 Å². The Bertz CT molecular complexity index is 1370. The van der Waals surface area contributed by atoms with Crippen molar-refractivity contribution in [2.45, 2.75) is 44.4 Å². The Hall–Kier alpha value is -3.63. The van der Waals surface area contributed by atoms with Crippen LogP contribution in [0, 0.1) is 17.0 Å². The van der Waals surface area contributed by atoms with Gasteiger partial charge in [-0.15, -0.1) is 0 Å². The number of carbonyl (C=O) groups excluding carboxylic acids is 1. The Balaban J connectivity index is 1.57. The van der Waals surface area contributed by atoms with Crippen LogP contribution < -0.4 is 5.56 Å². The van der Waals surface area contributed by atoms with Gasteiger partial charge in [0.15, 0.2) is 0 Å². The number of hydrogen-bond acceptors (Lipinski definition) is 5. The molecule has 36 heavy (non-hydrogen) atoms. The number of carbonyl (C=O) groups is 1. The molecule has 2 aromatic heterocycles. The smallest absolute Gasteiger partial charge is 0.274 e. The van der Waals surface area contributed by atoms with Gasteiger partial charge < -0.3 is 9.88 Å². The van der Waals surface area contributed by atoms with E-state index in [0.717, 1.165) is 35.0 Å². The van der Waals surface area contributed by atoms with Crippen molar-refractivity contribution in [1.29, 1.82) is 0 Å². The number of alkyl halides is 2. The minimum atomic E-state index is -2.80. The van der Waals surface area contributed by atoms with Gasteiger partial charge in [-0.05, 0) is 47.9 Å². The molecule has 1 N–H and O–H groups in total. The summed E-state index contributed by atoms with van der Waals surface area (Å²) in [6, 6.07) is 5.17. The van der Waals surface area contributed by atoms with Crippen molar-refractivity contribution in [1.82, 2.24) is 25.1 Å². The van der Waals surface area contributed by atoms with Crippen LogP contribution in [0.2, 0.25) is 0 Å². The van der Waals surface area contributed by atoms with Gasteiger partial charge in [0.2, 0.25) is 0 Å². The maximum atomic E-state index is 14.4. The van der Waals surface area contributed by atoms with E-state index in [1.54, 1.807) is 6.07 Å². The van der Waals surface area contributed by atoms with E-state index < -0.39 is 46.9 Å². The summed E-state index contributed by atoms with van der Waals surface area (Å²) in [4.78, 5) is 31.7. The third-order valence-corrected chi connectivity index (χ3v) is 7.83. The van der Waals surface area contributed by atoms with Crippen LogP contribution in [0.4, 0.5) is 17.6 Å². The molecule has 2 bridgehead atoms. The summed E-state index contributed by atoms with van der Waals surface area (Å²) in [5.74, 6) is -2.33. The predicted molar refractivity (Wildman–Crippen MR) is 122 cm³/mol. The SMILES string of the molecule is CC1(C)[C@H]2CC[C@]1(CN(CC(F)F)C(=O)c1c[nH]c(=O)cn1)c1nnc(-c3c(F)cccc3F)cc12. The van der Waals surface area contributed by atoms with Crippen molar-refractivity contribution < 1.29 is 22.4 Å². The van der Waals surface area contributed by atoms with E-state index in [9.17, 15) is 27.2 Å². The van der Waals surface area contributed by atoms with Gasteiger partial charge in [0, 0.05) is 18.2 Å². The van der Waals surface area contributed by atoms with Crippen molar-refractivity contribution in [3.63, 3.8) is 0 Å². The van der Waals surface area contributed by atoms with Crippen molar-refractivity contribution in [3.8, 4) is 11.3 Å². The van der Waals surface area contributed by atoms with Gasteiger partial charge in [-0.3, -0.25) is 9.59 Å². The van der Waals surface area contributed by atoms with E-state index in [2.05, 4.69) is 20.2 Å². The molecule has 2 atom stereocenters. The maximum Gasteiger partial charge on any atom is 0.274 e. The Labute approximate surface area is 203 Å². The van der Waals surface area contributed by atoms with Crippen LogP contribution >= 0.6 is 0 Å². The fourth-order valence-electron chi connectivity index (χ4n) is 5.97. The highest BCUT2D eigenvalue weighted by molar-refractivity contribution is 5.92. The Kier molecular flexibility index (Phi) is 5.68. The first-order valence-electron chi connectivity index (χ1n) is 11.5. The predicted octanol–water partition coefficient (Wildman–Crippen LogP) is 4.07. The molecular formula is C25H23F4N5O2. The Morgan fingerprint density at radius 2 is 1.94 bits per heavy atom. The summed E-state index contributed by atoms with van der Waals surface area (Å²) in [6.07, 6.45) is 0.485. The lowest BCUT2D eigenvalue weighted by Gasteiger charge is -2.41. The lowest BCUT2D eigenvalue weighted by molar-refractivity contribution is 0.0399. The van der Waals surface area contributed by atoms with Crippen LogP contribution in [0.15, 0.2) is 41.5 Å². The number of aromatic amines is 1. The van der Waals surface area contributed by atoms with E-state index >= 15 is 0 Å². The lowest BCUT2D eigenvalue weighted by Crippen LogP contribution is -2.50. The van der Waals surface area contributed by atoms with Crippen molar-refractivity contribution >= 4 is 5.91 Å². The number of rotatable bonds is 6. The lowest BCUT2D eigenvalue weighted by atomic mass is 9.68. The van der Waals surface area contributed by atoms with Crippen LogP contribution in [-0.2, 0) is 5.41 Å². The number of hydrogen-bond donors (Lipinski definition) is 1. The molecule has 7 nitrogen and oxygen atoms in total. The number of nitrogens with one attached hydrogen (secondary N) is 1. The minimum Gasteiger partial charge on any atom is -0.331 e. The van der Waals surface area contributed by atoms with Gasteiger partial charge in [-0.25, -0.2) is 22.5 Å². The first kappa shape index (κ1) is 24.1. The molecule has 1 fully saturated rings. The molecule has 0 spiro atoms. The highest BCUT2D eigenvalue weighted by Gasteiger charge is 2.64. The minimum absolute atomic E-state index is 0.0563. The highest BCUT2D eigenvalue weighted by Crippen LogP contribution is 2.67. The van der Waals surface area contributed by atoms with Gasteiger partial charge in [-0.1, -0.05) is 19.9 Å². The number of H-pyrrole nitrogens is 1. The van der Waals surface area contributed by atoms with Crippen molar-refractivity contribution in [2.24, 2.45) is 5.41 Å². The molecule has 2 heterocycles. The Morgan fingerprint density at radius 1 is 1.22 bits per heavy atom. The molecule has 11 heteroatoms.